The van der Waals surface area contributed by atoms with Gasteiger partial charge >= 0.3 is 0 Å². The Morgan fingerprint density at radius 1 is 0.857 bits per heavy atom. The molecule has 0 unspecified atom stereocenters. The van der Waals surface area contributed by atoms with Crippen LogP contribution in [-0.2, 0) is 11.8 Å². The van der Waals surface area contributed by atoms with Crippen molar-refractivity contribution in [1.29, 1.82) is 0 Å². The van der Waals surface area contributed by atoms with E-state index in [0.717, 1.165) is 23.7 Å². The molecule has 0 aliphatic heterocycles. The molecule has 0 saturated carbocycles. The van der Waals surface area contributed by atoms with Crippen molar-refractivity contribution in [2.75, 3.05) is 13.1 Å². The Labute approximate surface area is 133 Å². The summed E-state index contributed by atoms with van der Waals surface area (Å²) in [4.78, 5) is 2.10. The maximum Gasteiger partial charge on any atom is 0.0798 e. The highest BCUT2D eigenvalue weighted by Crippen LogP contribution is 2.42. The maximum absolute atomic E-state index is 6.06. The summed E-state index contributed by atoms with van der Waals surface area (Å²) in [6.07, 6.45) is 0. The largest absolute Gasteiger partial charge is 0.333 e. The third-order valence-electron chi connectivity index (χ3n) is 3.37. The van der Waals surface area contributed by atoms with Crippen LogP contribution < -0.4 is 10.6 Å². The molecule has 2 rings (SSSR count). The average molecular weight is 313 g/mol. The van der Waals surface area contributed by atoms with Crippen LogP contribution in [0.25, 0.3) is 0 Å². The monoisotopic (exact) mass is 313 g/mol. The second kappa shape index (κ2) is 7.46. The van der Waals surface area contributed by atoms with Crippen LogP contribution in [0.4, 0.5) is 0 Å². The fraction of sp³-hybridized carbons (Fsp3) is 0.222. The first-order chi connectivity index (χ1) is 10.2. The molecule has 108 valence electrons. The molecule has 0 bridgehead atoms. The van der Waals surface area contributed by atoms with Crippen molar-refractivity contribution in [1.82, 2.24) is 4.90 Å². The summed E-state index contributed by atoms with van der Waals surface area (Å²) in [5.41, 5.74) is 3.43. The van der Waals surface area contributed by atoms with Gasteiger partial charge in [0.15, 0.2) is 0 Å². The van der Waals surface area contributed by atoms with Gasteiger partial charge in [0.25, 0.3) is 0 Å². The number of nitrogens with zero attached hydrogens (tertiary/aromatic N) is 1. The van der Waals surface area contributed by atoms with Gasteiger partial charge in [0.1, 0.15) is 0 Å². The normalized spacial score (nSPS) is 10.6. The summed E-state index contributed by atoms with van der Waals surface area (Å²) in [5.74, 6) is 0. The third-order valence-corrected chi connectivity index (χ3v) is 7.37. The predicted octanol–water partition coefficient (Wildman–Crippen LogP) is 3.38. The molecule has 0 aliphatic rings. The highest BCUT2D eigenvalue weighted by molar-refractivity contribution is 8.24. The first-order valence-corrected chi connectivity index (χ1v) is 10.00. The van der Waals surface area contributed by atoms with Gasteiger partial charge in [-0.1, -0.05) is 72.5 Å². The Morgan fingerprint density at radius 3 is 1.67 bits per heavy atom. The van der Waals surface area contributed by atoms with E-state index >= 15 is 0 Å². The van der Waals surface area contributed by atoms with Crippen molar-refractivity contribution in [2.24, 2.45) is 0 Å². The lowest BCUT2D eigenvalue weighted by molar-refractivity contribution is 0.444. The predicted molar refractivity (Wildman–Crippen MR) is 97.1 cm³/mol. The summed E-state index contributed by atoms with van der Waals surface area (Å²) in [5, 5.41) is 2.32. The first kappa shape index (κ1) is 15.8. The first-order valence-electron chi connectivity index (χ1n) is 7.20. The Kier molecular flexibility index (Phi) is 5.62. The Bertz CT molecular complexity index is 623. The van der Waals surface area contributed by atoms with E-state index in [-0.39, 0.29) is 0 Å². The Balaban J connectivity index is 2.53. The van der Waals surface area contributed by atoms with Gasteiger partial charge in [0.05, 0.1) is 6.04 Å². The average Bonchev–Trinajstić information content (AvgIpc) is 2.57. The molecule has 1 nitrogen and oxygen atoms in total. The van der Waals surface area contributed by atoms with Crippen LogP contribution in [0.1, 0.15) is 13.8 Å². The number of rotatable bonds is 4. The van der Waals surface area contributed by atoms with E-state index in [4.69, 9.17) is 11.8 Å². The lowest BCUT2D eigenvalue weighted by atomic mass is 10.4. The van der Waals surface area contributed by atoms with Crippen molar-refractivity contribution in [3.8, 4) is 11.7 Å². The van der Waals surface area contributed by atoms with E-state index in [2.05, 4.69) is 54.7 Å². The van der Waals surface area contributed by atoms with Crippen LogP contribution in [0, 0.1) is 11.7 Å². The fourth-order valence-corrected chi connectivity index (χ4v) is 4.95. The van der Waals surface area contributed by atoms with Crippen molar-refractivity contribution >= 4 is 28.5 Å². The summed E-state index contributed by atoms with van der Waals surface area (Å²) >= 11 is 6.06. The molecule has 0 spiro atoms. The molecule has 0 aromatic heterocycles. The fourth-order valence-electron chi connectivity index (χ4n) is 2.08. The molecule has 0 fully saturated rings. The minimum Gasteiger partial charge on any atom is -0.333 e. The van der Waals surface area contributed by atoms with Crippen LogP contribution in [0.2, 0.25) is 0 Å². The Morgan fingerprint density at radius 2 is 1.29 bits per heavy atom. The number of hydrogen-bond acceptors (Lipinski definition) is 2. The van der Waals surface area contributed by atoms with E-state index < -0.39 is 6.04 Å². The van der Waals surface area contributed by atoms with E-state index in [0.29, 0.717) is 0 Å². The van der Waals surface area contributed by atoms with Gasteiger partial charge in [0.2, 0.25) is 0 Å². The zero-order valence-corrected chi connectivity index (χ0v) is 14.2. The molecule has 0 aliphatic carbocycles. The molecule has 2 aromatic carbocycles. The molecule has 0 N–H and O–H groups in total. The zero-order valence-electron chi connectivity index (χ0n) is 12.5. The van der Waals surface area contributed by atoms with Crippen molar-refractivity contribution in [2.45, 2.75) is 13.8 Å². The van der Waals surface area contributed by atoms with Crippen LogP contribution in [0.15, 0.2) is 60.7 Å². The van der Waals surface area contributed by atoms with Gasteiger partial charge < -0.3 is 4.90 Å². The molecule has 0 saturated heterocycles. The van der Waals surface area contributed by atoms with E-state index in [1.165, 1.54) is 0 Å². The molecule has 0 radical (unpaired) electrons. The molecular weight excluding hydrogens is 293 g/mol. The topological polar surface area (TPSA) is 3.24 Å². The standard InChI is InChI=1S/C18H20NPS/c1-3-19(4-2)15-16-20(21,17-11-7-5-8-12-17)18-13-9-6-10-14-18/h5-14H,3-4H2,1-2H3. The summed E-state index contributed by atoms with van der Waals surface area (Å²) < 4.78 is 0. The highest BCUT2D eigenvalue weighted by Gasteiger charge is 2.19. The van der Waals surface area contributed by atoms with Crippen molar-refractivity contribution in [3.63, 3.8) is 0 Å². The summed E-state index contributed by atoms with van der Waals surface area (Å²) in [7, 11) is 0. The Hall–Kier alpha value is -1.55. The highest BCUT2D eigenvalue weighted by atomic mass is 32.4. The van der Waals surface area contributed by atoms with Gasteiger partial charge in [-0.2, -0.15) is 0 Å². The molecule has 2 aromatic rings. The van der Waals surface area contributed by atoms with E-state index in [9.17, 15) is 0 Å². The number of hydrogen-bond donors (Lipinski definition) is 0. The number of benzene rings is 2. The van der Waals surface area contributed by atoms with Crippen molar-refractivity contribution < 1.29 is 0 Å². The van der Waals surface area contributed by atoms with E-state index in [1.54, 1.807) is 0 Å². The van der Waals surface area contributed by atoms with Gasteiger partial charge in [0, 0.05) is 29.7 Å². The molecule has 0 atom stereocenters. The maximum atomic E-state index is 6.06. The minimum absolute atomic E-state index is 0.919. The van der Waals surface area contributed by atoms with Crippen LogP contribution in [0.5, 0.6) is 0 Å². The SMILES string of the molecule is CCN(C#CP(=S)(c1ccccc1)c1ccccc1)CC. The van der Waals surface area contributed by atoms with Gasteiger partial charge in [-0.15, -0.1) is 0 Å². The molecule has 21 heavy (non-hydrogen) atoms. The van der Waals surface area contributed by atoms with Crippen LogP contribution in [-0.4, -0.2) is 18.0 Å². The third kappa shape index (κ3) is 3.76. The van der Waals surface area contributed by atoms with Gasteiger partial charge in [-0.25, -0.2) is 0 Å². The lowest BCUT2D eigenvalue weighted by Gasteiger charge is -2.18. The second-order valence-electron chi connectivity index (χ2n) is 4.68. The quantitative estimate of drug-likeness (QED) is 0.484. The molecular formula is C18H20NPS. The lowest BCUT2D eigenvalue weighted by Crippen LogP contribution is -2.18. The molecule has 0 heterocycles. The summed E-state index contributed by atoms with van der Waals surface area (Å²) in [6.45, 7) is 6.07. The smallest absolute Gasteiger partial charge is 0.0798 e. The van der Waals surface area contributed by atoms with Crippen LogP contribution in [0.3, 0.4) is 0 Å². The van der Waals surface area contributed by atoms with E-state index in [1.807, 2.05) is 36.4 Å². The second-order valence-corrected chi connectivity index (χ2v) is 8.79. The van der Waals surface area contributed by atoms with Crippen molar-refractivity contribution in [3.05, 3.63) is 60.7 Å². The summed E-state index contributed by atoms with van der Waals surface area (Å²) in [6, 6.07) is 21.8. The van der Waals surface area contributed by atoms with Gasteiger partial charge in [-0.05, 0) is 19.5 Å². The molecule has 0 amide bonds. The minimum atomic E-state index is -2.07. The molecule has 3 heteroatoms. The zero-order chi connectivity index (χ0) is 15.1. The van der Waals surface area contributed by atoms with Crippen LogP contribution >= 0.6 is 6.04 Å². The van der Waals surface area contributed by atoms with Gasteiger partial charge in [-0.3, -0.25) is 0 Å².